The lowest BCUT2D eigenvalue weighted by atomic mass is 9.99. The first-order valence-corrected chi connectivity index (χ1v) is 15.9. The van der Waals surface area contributed by atoms with Gasteiger partial charge in [0.1, 0.15) is 0 Å². The number of likely N-dealkylation sites (tertiary alicyclic amines) is 1. The standard InChI is InChI=1S/C33H38Cl2N6O/c34-29-12-8-25(20-24(29)7-5-23-6-11-30(35)26(19-23)21-37-27-9-10-27)32-28-22-40(33(36)42)18-13-31(28)41(38-32)17-4-16-39-14-2-1-3-15-39/h6,8,11-12,19-20,27,37H,1-4,9-10,13-18,21-22H2,(H2,36,42). The summed E-state index contributed by atoms with van der Waals surface area (Å²) in [6, 6.07) is 12.0. The van der Waals surface area contributed by atoms with Gasteiger partial charge in [-0.25, -0.2) is 4.79 Å². The van der Waals surface area contributed by atoms with E-state index in [2.05, 4.69) is 26.7 Å². The van der Waals surface area contributed by atoms with Crippen molar-refractivity contribution < 1.29 is 4.79 Å². The van der Waals surface area contributed by atoms with E-state index in [4.69, 9.17) is 34.0 Å². The van der Waals surface area contributed by atoms with Crippen LogP contribution in [0.2, 0.25) is 10.0 Å². The summed E-state index contributed by atoms with van der Waals surface area (Å²) >= 11 is 13.1. The number of primary amides is 1. The topological polar surface area (TPSA) is 79.4 Å². The van der Waals surface area contributed by atoms with E-state index >= 15 is 0 Å². The van der Waals surface area contributed by atoms with E-state index in [0.717, 1.165) is 71.0 Å². The van der Waals surface area contributed by atoms with Crippen LogP contribution in [0.5, 0.6) is 0 Å². The highest BCUT2D eigenvalue weighted by molar-refractivity contribution is 6.32. The Morgan fingerprint density at radius 1 is 1.00 bits per heavy atom. The van der Waals surface area contributed by atoms with Crippen molar-refractivity contribution in [2.45, 2.75) is 70.6 Å². The molecular weight excluding hydrogens is 567 g/mol. The third-order valence-corrected chi connectivity index (χ3v) is 9.22. The zero-order valence-electron chi connectivity index (χ0n) is 24.0. The third kappa shape index (κ3) is 6.95. The molecule has 0 bridgehead atoms. The Morgan fingerprint density at radius 2 is 1.81 bits per heavy atom. The number of urea groups is 1. The molecule has 1 aromatic heterocycles. The molecule has 1 saturated carbocycles. The molecule has 3 N–H and O–H groups in total. The van der Waals surface area contributed by atoms with Crippen molar-refractivity contribution >= 4 is 29.2 Å². The molecule has 9 heteroatoms. The molecule has 2 amide bonds. The highest BCUT2D eigenvalue weighted by Gasteiger charge is 2.27. The van der Waals surface area contributed by atoms with Crippen molar-refractivity contribution in [2.24, 2.45) is 5.73 Å². The number of nitrogens with two attached hydrogens (primary N) is 1. The Labute approximate surface area is 258 Å². The lowest BCUT2D eigenvalue weighted by Crippen LogP contribution is -2.39. The molecule has 0 radical (unpaired) electrons. The fourth-order valence-electron chi connectivity index (χ4n) is 5.96. The van der Waals surface area contributed by atoms with Gasteiger partial charge in [-0.2, -0.15) is 5.10 Å². The zero-order chi connectivity index (χ0) is 29.1. The second kappa shape index (κ2) is 13.1. The van der Waals surface area contributed by atoms with Crippen molar-refractivity contribution in [3.63, 3.8) is 0 Å². The smallest absolute Gasteiger partial charge is 0.315 e. The number of fused-ring (bicyclic) bond motifs is 1. The number of hydrogen-bond acceptors (Lipinski definition) is 4. The van der Waals surface area contributed by atoms with Crippen LogP contribution in [0.1, 0.15) is 66.5 Å². The van der Waals surface area contributed by atoms with Gasteiger partial charge in [0.15, 0.2) is 0 Å². The summed E-state index contributed by atoms with van der Waals surface area (Å²) in [6.45, 7) is 6.13. The second-order valence-electron chi connectivity index (χ2n) is 11.7. The van der Waals surface area contributed by atoms with Crippen molar-refractivity contribution in [3.8, 4) is 23.1 Å². The largest absolute Gasteiger partial charge is 0.351 e. The Kier molecular flexibility index (Phi) is 9.06. The highest BCUT2D eigenvalue weighted by Crippen LogP contribution is 2.32. The van der Waals surface area contributed by atoms with E-state index in [1.54, 1.807) is 4.90 Å². The Balaban J connectivity index is 1.25. The Hall–Kier alpha value is -3.02. The van der Waals surface area contributed by atoms with Gasteiger partial charge in [-0.3, -0.25) is 4.68 Å². The van der Waals surface area contributed by atoms with E-state index in [-0.39, 0.29) is 0 Å². The zero-order valence-corrected chi connectivity index (χ0v) is 25.5. The molecule has 2 fully saturated rings. The fraction of sp³-hybridized carbons (Fsp3) is 0.455. The van der Waals surface area contributed by atoms with Crippen LogP contribution >= 0.6 is 23.2 Å². The van der Waals surface area contributed by atoms with Crippen molar-refractivity contribution in [1.82, 2.24) is 24.9 Å². The lowest BCUT2D eigenvalue weighted by molar-refractivity contribution is 0.201. The number of hydrogen-bond donors (Lipinski definition) is 2. The summed E-state index contributed by atoms with van der Waals surface area (Å²) < 4.78 is 2.15. The average Bonchev–Trinajstić information content (AvgIpc) is 3.77. The number of halogens is 2. The number of amides is 2. The Morgan fingerprint density at radius 3 is 2.60 bits per heavy atom. The number of aromatic nitrogens is 2. The molecule has 1 aliphatic carbocycles. The normalized spacial score (nSPS) is 17.0. The maximum Gasteiger partial charge on any atom is 0.315 e. The van der Waals surface area contributed by atoms with Gasteiger partial charge in [0.05, 0.1) is 17.3 Å². The summed E-state index contributed by atoms with van der Waals surface area (Å²) in [5, 5.41) is 9.95. The van der Waals surface area contributed by atoms with Crippen LogP contribution < -0.4 is 11.1 Å². The van der Waals surface area contributed by atoms with Gasteiger partial charge in [-0.15, -0.1) is 0 Å². The third-order valence-electron chi connectivity index (χ3n) is 8.52. The maximum atomic E-state index is 12.1. The molecule has 3 aromatic rings. The molecule has 42 heavy (non-hydrogen) atoms. The summed E-state index contributed by atoms with van der Waals surface area (Å²) in [4.78, 5) is 16.3. The van der Waals surface area contributed by atoms with Crippen molar-refractivity contribution in [1.29, 1.82) is 0 Å². The molecule has 1 saturated heterocycles. The number of nitrogens with one attached hydrogen (secondary N) is 1. The molecule has 220 valence electrons. The molecule has 3 aliphatic rings. The quantitative estimate of drug-likeness (QED) is 0.317. The van der Waals surface area contributed by atoms with E-state index < -0.39 is 6.03 Å². The van der Waals surface area contributed by atoms with Crippen LogP contribution in [0.4, 0.5) is 4.79 Å². The SMILES string of the molecule is NC(=O)N1CCc2c(c(-c3ccc(Cl)c(C#Cc4ccc(Cl)c(CNC5CC5)c4)c3)nn2CCCN2CCCCC2)C1. The monoisotopic (exact) mass is 604 g/mol. The average molecular weight is 606 g/mol. The van der Waals surface area contributed by atoms with E-state index in [9.17, 15) is 4.79 Å². The van der Waals surface area contributed by atoms with Crippen LogP contribution in [0.3, 0.4) is 0 Å². The molecule has 2 aliphatic heterocycles. The number of carbonyl (C=O) groups excluding carboxylic acids is 1. The Bertz CT molecular complexity index is 1510. The minimum Gasteiger partial charge on any atom is -0.351 e. The van der Waals surface area contributed by atoms with Gasteiger partial charge < -0.3 is 20.9 Å². The molecule has 6 rings (SSSR count). The lowest BCUT2D eigenvalue weighted by Gasteiger charge is -2.27. The van der Waals surface area contributed by atoms with Gasteiger partial charge in [0.2, 0.25) is 0 Å². The van der Waals surface area contributed by atoms with E-state index in [1.807, 2.05) is 36.4 Å². The van der Waals surface area contributed by atoms with E-state index in [1.165, 1.54) is 50.9 Å². The molecule has 3 heterocycles. The number of piperidine rings is 1. The van der Waals surface area contributed by atoms with Gasteiger partial charge in [-0.1, -0.05) is 47.5 Å². The molecular formula is C33H38Cl2N6O. The van der Waals surface area contributed by atoms with Crippen LogP contribution in [-0.4, -0.2) is 57.8 Å². The molecule has 0 unspecified atom stereocenters. The van der Waals surface area contributed by atoms with Gasteiger partial charge in [-0.05, 0) is 87.6 Å². The summed E-state index contributed by atoms with van der Waals surface area (Å²) in [5.74, 6) is 6.56. The number of carbonyl (C=O) groups is 1. The van der Waals surface area contributed by atoms with Crippen LogP contribution in [0.15, 0.2) is 36.4 Å². The predicted octanol–water partition coefficient (Wildman–Crippen LogP) is 5.82. The number of aryl methyl sites for hydroxylation is 1. The molecule has 0 spiro atoms. The number of benzene rings is 2. The van der Waals surface area contributed by atoms with E-state index in [0.29, 0.717) is 24.2 Å². The summed E-state index contributed by atoms with van der Waals surface area (Å²) in [5.41, 5.74) is 12.4. The second-order valence-corrected chi connectivity index (χ2v) is 12.5. The predicted molar refractivity (Wildman–Crippen MR) is 169 cm³/mol. The first kappa shape index (κ1) is 29.1. The molecule has 7 nitrogen and oxygen atoms in total. The van der Waals surface area contributed by atoms with Gasteiger partial charge >= 0.3 is 6.03 Å². The summed E-state index contributed by atoms with van der Waals surface area (Å²) in [6.07, 6.45) is 8.17. The van der Waals surface area contributed by atoms with Crippen molar-refractivity contribution in [2.75, 3.05) is 26.2 Å². The fourth-order valence-corrected chi connectivity index (χ4v) is 6.31. The van der Waals surface area contributed by atoms with Crippen molar-refractivity contribution in [3.05, 3.63) is 74.4 Å². The molecule has 0 atom stereocenters. The van der Waals surface area contributed by atoms with Gasteiger partial charge in [0.25, 0.3) is 0 Å². The minimum absolute atomic E-state index is 0.401. The highest BCUT2D eigenvalue weighted by atomic mass is 35.5. The van der Waals surface area contributed by atoms with Crippen LogP contribution in [0.25, 0.3) is 11.3 Å². The van der Waals surface area contributed by atoms with Crippen LogP contribution in [-0.2, 0) is 26.1 Å². The minimum atomic E-state index is -0.401. The first-order valence-electron chi connectivity index (χ1n) is 15.1. The van der Waals surface area contributed by atoms with Gasteiger partial charge in [0, 0.05) is 65.1 Å². The van der Waals surface area contributed by atoms with Crippen LogP contribution in [0, 0.1) is 11.8 Å². The first-order chi connectivity index (χ1) is 20.4. The summed E-state index contributed by atoms with van der Waals surface area (Å²) in [7, 11) is 0. The number of rotatable bonds is 8. The number of nitrogens with zero attached hydrogens (tertiary/aromatic N) is 4. The maximum absolute atomic E-state index is 12.1. The molecule has 2 aromatic carbocycles.